The monoisotopic (exact) mass is 257 g/mol. The minimum absolute atomic E-state index is 0.414. The average Bonchev–Trinajstić information content (AvgIpc) is 2.40. The molecule has 2 rings (SSSR count). The molecule has 0 bridgehead atoms. The second-order valence-corrected chi connectivity index (χ2v) is 3.93. The van der Waals surface area contributed by atoms with Gasteiger partial charge in [-0.15, -0.1) is 0 Å². The number of hydrogen-bond acceptors (Lipinski definition) is 2. The zero-order chi connectivity index (χ0) is 13.8. The Labute approximate surface area is 108 Å². The summed E-state index contributed by atoms with van der Waals surface area (Å²) in [5, 5.41) is 9.08. The first-order valence-electron chi connectivity index (χ1n) is 5.58. The fraction of sp³-hybridized carbons (Fsp3) is 0.0667. The fourth-order valence-corrected chi connectivity index (χ4v) is 1.81. The van der Waals surface area contributed by atoms with Crippen LogP contribution in [0.4, 0.5) is 8.78 Å². The van der Waals surface area contributed by atoms with Crippen LogP contribution in [-0.4, -0.2) is 5.78 Å². The van der Waals surface area contributed by atoms with Crippen molar-refractivity contribution >= 4 is 5.78 Å². The molecule has 2 aromatic carbocycles. The Hall–Kier alpha value is -2.54. The van der Waals surface area contributed by atoms with Crippen LogP contribution in [-0.2, 0) is 0 Å². The summed E-state index contributed by atoms with van der Waals surface area (Å²) in [5.74, 6) is -4.00. The van der Waals surface area contributed by atoms with Gasteiger partial charge in [0.15, 0.2) is 5.78 Å². The van der Waals surface area contributed by atoms with Gasteiger partial charge in [0.25, 0.3) is 0 Å². The zero-order valence-corrected chi connectivity index (χ0v) is 9.81. The van der Waals surface area contributed by atoms with E-state index in [0.29, 0.717) is 5.56 Å². The second kappa shape index (κ2) is 5.40. The highest BCUT2D eigenvalue weighted by Crippen LogP contribution is 2.23. The molecule has 2 nitrogen and oxygen atoms in total. The summed E-state index contributed by atoms with van der Waals surface area (Å²) in [7, 11) is 0. The summed E-state index contributed by atoms with van der Waals surface area (Å²) in [4.78, 5) is 12.1. The number of ketones is 1. The van der Waals surface area contributed by atoms with E-state index >= 15 is 0 Å². The van der Waals surface area contributed by atoms with Crippen molar-refractivity contribution < 1.29 is 13.6 Å². The Morgan fingerprint density at radius 1 is 1.00 bits per heavy atom. The van der Waals surface area contributed by atoms with Gasteiger partial charge in [0.05, 0.1) is 11.6 Å². The van der Waals surface area contributed by atoms with E-state index in [2.05, 4.69) is 0 Å². The normalized spacial score (nSPS) is 11.6. The fourth-order valence-electron chi connectivity index (χ4n) is 1.81. The van der Waals surface area contributed by atoms with Gasteiger partial charge in [0, 0.05) is 0 Å². The summed E-state index contributed by atoms with van der Waals surface area (Å²) < 4.78 is 27.1. The van der Waals surface area contributed by atoms with Crippen LogP contribution in [0.15, 0.2) is 48.5 Å². The highest BCUT2D eigenvalue weighted by Gasteiger charge is 2.26. The number of nitriles is 1. The van der Waals surface area contributed by atoms with Crippen LogP contribution in [0.2, 0.25) is 0 Å². The highest BCUT2D eigenvalue weighted by molar-refractivity contribution is 6.03. The van der Waals surface area contributed by atoms with Crippen molar-refractivity contribution in [1.29, 1.82) is 5.26 Å². The molecular formula is C15H9F2NO. The number of nitrogens with zero attached hydrogens (tertiary/aromatic N) is 1. The van der Waals surface area contributed by atoms with Crippen molar-refractivity contribution in [1.82, 2.24) is 0 Å². The summed E-state index contributed by atoms with van der Waals surface area (Å²) in [6, 6.07) is 13.1. The zero-order valence-electron chi connectivity index (χ0n) is 9.81. The van der Waals surface area contributed by atoms with Gasteiger partial charge in [-0.2, -0.15) is 5.26 Å². The van der Waals surface area contributed by atoms with Crippen LogP contribution in [0.25, 0.3) is 0 Å². The van der Waals surface area contributed by atoms with Crippen molar-refractivity contribution in [3.8, 4) is 6.07 Å². The molecule has 0 N–H and O–H groups in total. The minimum atomic E-state index is -1.22. The third-order valence-electron chi connectivity index (χ3n) is 2.73. The molecule has 0 aliphatic carbocycles. The van der Waals surface area contributed by atoms with E-state index < -0.39 is 28.9 Å². The number of Topliss-reactive ketones (excluding diaryl/α,β-unsaturated/α-hetero) is 1. The number of halogens is 2. The van der Waals surface area contributed by atoms with E-state index in [1.165, 1.54) is 6.07 Å². The third kappa shape index (κ3) is 2.50. The molecule has 4 heteroatoms. The van der Waals surface area contributed by atoms with Gasteiger partial charge in [-0.05, 0) is 17.7 Å². The number of carbonyl (C=O) groups excluding carboxylic acids is 1. The average molecular weight is 257 g/mol. The summed E-state index contributed by atoms with van der Waals surface area (Å²) in [6.07, 6.45) is 0. The molecule has 1 atom stereocenters. The quantitative estimate of drug-likeness (QED) is 0.790. The third-order valence-corrected chi connectivity index (χ3v) is 2.73. The van der Waals surface area contributed by atoms with Crippen molar-refractivity contribution in [2.24, 2.45) is 0 Å². The van der Waals surface area contributed by atoms with Gasteiger partial charge < -0.3 is 0 Å². The molecule has 0 saturated heterocycles. The molecule has 94 valence electrons. The number of benzene rings is 2. The maximum absolute atomic E-state index is 13.5. The molecule has 0 heterocycles. The number of carbonyl (C=O) groups is 1. The van der Waals surface area contributed by atoms with Gasteiger partial charge in [-0.25, -0.2) is 8.78 Å². The first kappa shape index (κ1) is 12.9. The van der Waals surface area contributed by atoms with Crippen LogP contribution in [0, 0.1) is 23.0 Å². The maximum atomic E-state index is 13.5. The molecule has 0 aliphatic rings. The van der Waals surface area contributed by atoms with Crippen LogP contribution in [0.3, 0.4) is 0 Å². The van der Waals surface area contributed by atoms with Gasteiger partial charge in [0.1, 0.15) is 17.6 Å². The van der Waals surface area contributed by atoms with Crippen molar-refractivity contribution in [2.75, 3.05) is 0 Å². The molecule has 0 fully saturated rings. The highest BCUT2D eigenvalue weighted by atomic mass is 19.1. The first-order chi connectivity index (χ1) is 9.15. The summed E-state index contributed by atoms with van der Waals surface area (Å²) in [5.41, 5.74) is -0.254. The maximum Gasteiger partial charge on any atom is 0.190 e. The Bertz CT molecular complexity index is 627. The lowest BCUT2D eigenvalue weighted by atomic mass is 9.91. The van der Waals surface area contributed by atoms with E-state index in [1.807, 2.05) is 0 Å². The minimum Gasteiger partial charge on any atom is -0.292 e. The van der Waals surface area contributed by atoms with Gasteiger partial charge in [-0.3, -0.25) is 4.79 Å². The number of rotatable bonds is 3. The van der Waals surface area contributed by atoms with E-state index in [1.54, 1.807) is 36.4 Å². The molecule has 0 aromatic heterocycles. The van der Waals surface area contributed by atoms with E-state index in [4.69, 9.17) is 5.26 Å². The lowest BCUT2D eigenvalue weighted by Crippen LogP contribution is -2.14. The Kier molecular flexibility index (Phi) is 3.67. The predicted molar refractivity (Wildman–Crippen MR) is 65.5 cm³/mol. The molecule has 0 radical (unpaired) electrons. The predicted octanol–water partition coefficient (Wildman–Crippen LogP) is 3.45. The molecule has 19 heavy (non-hydrogen) atoms. The van der Waals surface area contributed by atoms with E-state index in [-0.39, 0.29) is 0 Å². The second-order valence-electron chi connectivity index (χ2n) is 3.93. The van der Waals surface area contributed by atoms with Crippen LogP contribution in [0.5, 0.6) is 0 Å². The molecule has 0 amide bonds. The van der Waals surface area contributed by atoms with Crippen LogP contribution >= 0.6 is 0 Å². The van der Waals surface area contributed by atoms with Gasteiger partial charge in [0.2, 0.25) is 0 Å². The number of hydrogen-bond donors (Lipinski definition) is 0. The van der Waals surface area contributed by atoms with E-state index in [0.717, 1.165) is 12.1 Å². The first-order valence-corrected chi connectivity index (χ1v) is 5.58. The van der Waals surface area contributed by atoms with Crippen molar-refractivity contribution in [3.63, 3.8) is 0 Å². The molecule has 0 spiro atoms. The molecular weight excluding hydrogens is 248 g/mol. The van der Waals surface area contributed by atoms with Crippen molar-refractivity contribution in [2.45, 2.75) is 5.92 Å². The topological polar surface area (TPSA) is 40.9 Å². The Morgan fingerprint density at radius 2 is 1.58 bits per heavy atom. The lowest BCUT2D eigenvalue weighted by Gasteiger charge is -2.09. The van der Waals surface area contributed by atoms with Gasteiger partial charge in [-0.1, -0.05) is 36.4 Å². The molecule has 1 unspecified atom stereocenters. The molecule has 2 aromatic rings. The summed E-state index contributed by atoms with van der Waals surface area (Å²) >= 11 is 0. The largest absolute Gasteiger partial charge is 0.292 e. The summed E-state index contributed by atoms with van der Waals surface area (Å²) in [6.45, 7) is 0. The van der Waals surface area contributed by atoms with E-state index in [9.17, 15) is 13.6 Å². The van der Waals surface area contributed by atoms with Crippen LogP contribution in [0.1, 0.15) is 21.8 Å². The SMILES string of the molecule is N#CC(C(=O)c1c(F)cccc1F)c1ccccc1. The lowest BCUT2D eigenvalue weighted by molar-refractivity contribution is 0.0970. The Morgan fingerprint density at radius 3 is 2.11 bits per heavy atom. The standard InChI is InChI=1S/C15H9F2NO/c16-12-7-4-8-13(17)14(12)15(19)11(9-18)10-5-2-1-3-6-10/h1-8,11H. The smallest absolute Gasteiger partial charge is 0.190 e. The van der Waals surface area contributed by atoms with Crippen LogP contribution < -0.4 is 0 Å². The van der Waals surface area contributed by atoms with Gasteiger partial charge >= 0.3 is 0 Å². The Balaban J connectivity index is 2.46. The molecule has 0 aliphatic heterocycles. The van der Waals surface area contributed by atoms with Crippen molar-refractivity contribution in [3.05, 3.63) is 71.3 Å². The molecule has 0 saturated carbocycles.